The first kappa shape index (κ1) is 19.9. The van der Waals surface area contributed by atoms with Gasteiger partial charge in [0.2, 0.25) is 0 Å². The molecule has 2 N–H and O–H groups in total. The average molecular weight is 457 g/mol. The molecule has 0 unspecified atom stereocenters. The lowest BCUT2D eigenvalue weighted by Gasteiger charge is -2.24. The monoisotopic (exact) mass is 456 g/mol. The SMILES string of the molecule is CC(=O)c1c(C2CCS(=O)(=O)CC2)nc2c(-c3cnn(-c4ccsc4)c3)cnn2c1N. The van der Waals surface area contributed by atoms with Gasteiger partial charge in [-0.15, -0.1) is 0 Å². The zero-order chi connectivity index (χ0) is 21.8. The highest BCUT2D eigenvalue weighted by molar-refractivity contribution is 7.91. The number of sulfone groups is 1. The summed E-state index contributed by atoms with van der Waals surface area (Å²) in [5.41, 5.74) is 10.3. The van der Waals surface area contributed by atoms with Gasteiger partial charge < -0.3 is 5.73 Å². The van der Waals surface area contributed by atoms with E-state index in [2.05, 4.69) is 10.2 Å². The molecule has 5 rings (SSSR count). The van der Waals surface area contributed by atoms with Gasteiger partial charge in [0.15, 0.2) is 11.4 Å². The van der Waals surface area contributed by atoms with Gasteiger partial charge in [-0.05, 0) is 31.2 Å². The third-order valence-electron chi connectivity index (χ3n) is 5.67. The van der Waals surface area contributed by atoms with E-state index >= 15 is 0 Å². The smallest absolute Gasteiger partial charge is 0.165 e. The number of aromatic nitrogens is 5. The Kier molecular flexibility index (Phi) is 4.67. The minimum absolute atomic E-state index is 0.0846. The Morgan fingerprint density at radius 1 is 1.23 bits per heavy atom. The lowest BCUT2D eigenvalue weighted by atomic mass is 9.93. The second-order valence-corrected chi connectivity index (χ2v) is 10.8. The molecule has 1 saturated heterocycles. The van der Waals surface area contributed by atoms with Gasteiger partial charge in [-0.3, -0.25) is 4.79 Å². The van der Waals surface area contributed by atoms with E-state index in [4.69, 9.17) is 10.7 Å². The number of nitrogen functional groups attached to an aromatic ring is 1. The molecule has 9 nitrogen and oxygen atoms in total. The average Bonchev–Trinajstić information content (AvgIpc) is 3.47. The highest BCUT2D eigenvalue weighted by atomic mass is 32.2. The second-order valence-electron chi connectivity index (χ2n) is 7.69. The molecule has 1 aliphatic heterocycles. The van der Waals surface area contributed by atoms with Crippen molar-refractivity contribution in [1.82, 2.24) is 24.4 Å². The summed E-state index contributed by atoms with van der Waals surface area (Å²) in [4.78, 5) is 17.2. The number of carbonyl (C=O) groups is 1. The third-order valence-corrected chi connectivity index (χ3v) is 8.05. The van der Waals surface area contributed by atoms with E-state index < -0.39 is 9.84 Å². The Labute approximate surface area is 182 Å². The van der Waals surface area contributed by atoms with E-state index in [0.29, 0.717) is 29.7 Å². The molecule has 1 aliphatic rings. The summed E-state index contributed by atoms with van der Waals surface area (Å²) in [6, 6.07) is 1.97. The summed E-state index contributed by atoms with van der Waals surface area (Å²) in [7, 11) is -3.04. The van der Waals surface area contributed by atoms with Gasteiger partial charge in [-0.25, -0.2) is 18.1 Å². The molecule has 0 radical (unpaired) electrons. The number of hydrogen-bond acceptors (Lipinski definition) is 8. The van der Waals surface area contributed by atoms with Gasteiger partial charge in [0.05, 0.1) is 40.8 Å². The number of anilines is 1. The maximum Gasteiger partial charge on any atom is 0.165 e. The summed E-state index contributed by atoms with van der Waals surface area (Å²) < 4.78 is 27.0. The number of carbonyl (C=O) groups excluding carboxylic acids is 1. The molecule has 0 spiro atoms. The zero-order valence-electron chi connectivity index (χ0n) is 16.7. The van der Waals surface area contributed by atoms with Crippen LogP contribution in [-0.2, 0) is 9.84 Å². The molecule has 0 amide bonds. The van der Waals surface area contributed by atoms with Crippen molar-refractivity contribution in [2.24, 2.45) is 0 Å². The van der Waals surface area contributed by atoms with E-state index in [0.717, 1.165) is 16.8 Å². The Morgan fingerprint density at radius 3 is 2.68 bits per heavy atom. The van der Waals surface area contributed by atoms with Crippen molar-refractivity contribution in [2.45, 2.75) is 25.7 Å². The van der Waals surface area contributed by atoms with Gasteiger partial charge in [0.25, 0.3) is 0 Å². The van der Waals surface area contributed by atoms with Crippen molar-refractivity contribution in [3.8, 4) is 16.8 Å². The number of fused-ring (bicyclic) bond motifs is 1. The van der Waals surface area contributed by atoms with Crippen LogP contribution in [0.1, 0.15) is 41.7 Å². The first-order valence-electron chi connectivity index (χ1n) is 9.80. The number of rotatable bonds is 4. The van der Waals surface area contributed by atoms with Crippen LogP contribution in [0.3, 0.4) is 0 Å². The van der Waals surface area contributed by atoms with Crippen LogP contribution in [0.25, 0.3) is 22.5 Å². The van der Waals surface area contributed by atoms with E-state index in [1.807, 2.05) is 23.0 Å². The normalized spacial score (nSPS) is 16.7. The van der Waals surface area contributed by atoms with Crippen LogP contribution in [0.2, 0.25) is 0 Å². The second kappa shape index (κ2) is 7.27. The quantitative estimate of drug-likeness (QED) is 0.468. The number of hydrogen-bond donors (Lipinski definition) is 1. The van der Waals surface area contributed by atoms with Gasteiger partial charge >= 0.3 is 0 Å². The molecule has 0 aromatic carbocycles. The zero-order valence-corrected chi connectivity index (χ0v) is 18.4. The van der Waals surface area contributed by atoms with E-state index in [1.54, 1.807) is 28.4 Å². The van der Waals surface area contributed by atoms with Crippen molar-refractivity contribution in [2.75, 3.05) is 17.2 Å². The van der Waals surface area contributed by atoms with Gasteiger partial charge in [0, 0.05) is 28.6 Å². The fraction of sp³-hybridized carbons (Fsp3) is 0.300. The molecule has 5 heterocycles. The van der Waals surface area contributed by atoms with E-state index in [-0.39, 0.29) is 29.0 Å². The van der Waals surface area contributed by atoms with Crippen LogP contribution in [0.5, 0.6) is 0 Å². The molecular formula is C20H20N6O3S2. The largest absolute Gasteiger partial charge is 0.383 e. The number of thiophene rings is 1. The predicted octanol–water partition coefficient (Wildman–Crippen LogP) is 2.72. The minimum atomic E-state index is -3.04. The van der Waals surface area contributed by atoms with Crippen molar-refractivity contribution in [1.29, 1.82) is 0 Å². The van der Waals surface area contributed by atoms with Crippen LogP contribution >= 0.6 is 11.3 Å². The van der Waals surface area contributed by atoms with Gasteiger partial charge in [-0.2, -0.15) is 26.0 Å². The molecule has 0 atom stereocenters. The maximum absolute atomic E-state index is 12.4. The molecular weight excluding hydrogens is 436 g/mol. The van der Waals surface area contributed by atoms with Crippen molar-refractivity contribution >= 4 is 38.4 Å². The molecule has 0 bridgehead atoms. The first-order chi connectivity index (χ1) is 14.8. The van der Waals surface area contributed by atoms with Crippen molar-refractivity contribution in [3.63, 3.8) is 0 Å². The predicted molar refractivity (Wildman–Crippen MR) is 118 cm³/mol. The van der Waals surface area contributed by atoms with E-state index in [9.17, 15) is 13.2 Å². The standard InChI is InChI=1S/C20H20N6O3S2/c1-12(27)17-18(13-3-6-31(28,29)7-4-13)24-20-16(9-23-26(20)19(17)21)14-8-22-25(10-14)15-2-5-30-11-15/h2,5,8-11,13H,3-4,6-7,21H2,1H3. The Balaban J connectivity index is 1.64. The third kappa shape index (κ3) is 3.43. The van der Waals surface area contributed by atoms with Gasteiger partial charge in [-0.1, -0.05) is 0 Å². The van der Waals surface area contributed by atoms with E-state index in [1.165, 1.54) is 11.4 Å². The summed E-state index contributed by atoms with van der Waals surface area (Å²) in [6.45, 7) is 1.44. The molecule has 0 aliphatic carbocycles. The van der Waals surface area contributed by atoms with Crippen LogP contribution in [0.4, 0.5) is 5.82 Å². The number of ketones is 1. The maximum atomic E-state index is 12.4. The van der Waals surface area contributed by atoms with Crippen molar-refractivity contribution < 1.29 is 13.2 Å². The summed E-state index contributed by atoms with van der Waals surface area (Å²) in [5, 5.41) is 12.8. The van der Waals surface area contributed by atoms with Crippen LogP contribution in [-0.4, -0.2) is 50.1 Å². The Bertz CT molecular complexity index is 1390. The number of nitrogens with two attached hydrogens (primary N) is 1. The summed E-state index contributed by atoms with van der Waals surface area (Å²) in [6.07, 6.45) is 6.13. The Morgan fingerprint density at radius 2 is 2.00 bits per heavy atom. The minimum Gasteiger partial charge on any atom is -0.383 e. The van der Waals surface area contributed by atoms with Gasteiger partial charge in [0.1, 0.15) is 15.7 Å². The molecule has 4 aromatic rings. The fourth-order valence-electron chi connectivity index (χ4n) is 4.05. The van der Waals surface area contributed by atoms with Crippen molar-refractivity contribution in [3.05, 3.63) is 46.7 Å². The molecule has 11 heteroatoms. The number of Topliss-reactive ketones (excluding diaryl/α,β-unsaturated/α-hetero) is 1. The molecule has 31 heavy (non-hydrogen) atoms. The molecule has 0 saturated carbocycles. The first-order valence-corrected chi connectivity index (χ1v) is 12.6. The summed E-state index contributed by atoms with van der Waals surface area (Å²) in [5.74, 6) is 0.0314. The topological polar surface area (TPSA) is 125 Å². The van der Waals surface area contributed by atoms with Crippen LogP contribution in [0, 0.1) is 0 Å². The fourth-order valence-corrected chi connectivity index (χ4v) is 6.16. The number of nitrogens with zero attached hydrogens (tertiary/aromatic N) is 5. The molecule has 160 valence electrons. The molecule has 1 fully saturated rings. The highest BCUT2D eigenvalue weighted by Crippen LogP contribution is 2.35. The highest BCUT2D eigenvalue weighted by Gasteiger charge is 2.31. The summed E-state index contributed by atoms with van der Waals surface area (Å²) >= 11 is 1.59. The molecule has 4 aromatic heterocycles. The van der Waals surface area contributed by atoms with Crippen LogP contribution < -0.4 is 5.73 Å². The lowest BCUT2D eigenvalue weighted by Crippen LogP contribution is -2.25. The lowest BCUT2D eigenvalue weighted by molar-refractivity contribution is 0.101. The Hall–Kier alpha value is -3.05. The van der Waals surface area contributed by atoms with Crippen LogP contribution in [0.15, 0.2) is 35.4 Å².